The molecule has 0 unspecified atom stereocenters. The van der Waals surface area contributed by atoms with Gasteiger partial charge in [0.05, 0.1) is 0 Å². The van der Waals surface area contributed by atoms with Crippen molar-refractivity contribution in [1.29, 1.82) is 0 Å². The Morgan fingerprint density at radius 1 is 0.457 bits per heavy atom. The fourth-order valence-electron chi connectivity index (χ4n) is 5.34. The molecule has 0 aliphatic carbocycles. The largest absolute Gasteiger partial charge is 0.456 e. The summed E-state index contributed by atoms with van der Waals surface area (Å²) in [6, 6.07) is 37.1. The van der Waals surface area contributed by atoms with Crippen LogP contribution < -0.4 is 4.74 Å². The normalized spacial score (nSPS) is 12.2. The summed E-state index contributed by atoms with van der Waals surface area (Å²) in [7, 11) is 0. The summed E-state index contributed by atoms with van der Waals surface area (Å²) >= 11 is 0. The van der Waals surface area contributed by atoms with E-state index >= 15 is 0 Å². The molecule has 7 aromatic rings. The summed E-state index contributed by atoms with van der Waals surface area (Å²) in [5.74, 6) is 3.40. The molecule has 8 rings (SSSR count). The van der Waals surface area contributed by atoms with E-state index < -0.39 is 0 Å². The van der Waals surface area contributed by atoms with Gasteiger partial charge in [0.1, 0.15) is 34.2 Å². The first-order valence-electron chi connectivity index (χ1n) is 11.7. The van der Waals surface area contributed by atoms with Crippen LogP contribution in [0.1, 0.15) is 0 Å². The zero-order chi connectivity index (χ0) is 22.9. The minimum Gasteiger partial charge on any atom is -0.456 e. The van der Waals surface area contributed by atoms with Crippen LogP contribution in [0.25, 0.3) is 66.5 Å². The molecular weight excluding hydrogens is 432 g/mol. The average Bonchev–Trinajstić information content (AvgIpc) is 3.54. The van der Waals surface area contributed by atoms with E-state index in [0.29, 0.717) is 0 Å². The predicted molar refractivity (Wildman–Crippen MR) is 140 cm³/mol. The van der Waals surface area contributed by atoms with Crippen molar-refractivity contribution in [1.82, 2.24) is 0 Å². The van der Waals surface area contributed by atoms with Crippen molar-refractivity contribution in [3.8, 4) is 45.3 Å². The van der Waals surface area contributed by atoms with E-state index in [1.54, 1.807) is 0 Å². The van der Waals surface area contributed by atoms with Gasteiger partial charge in [-0.05, 0) is 59.5 Å². The molecule has 0 N–H and O–H groups in total. The second kappa shape index (κ2) is 6.87. The van der Waals surface area contributed by atoms with Crippen LogP contribution in [0.3, 0.4) is 0 Å². The van der Waals surface area contributed by atoms with Gasteiger partial charge in [-0.2, -0.15) is 0 Å². The van der Waals surface area contributed by atoms with Gasteiger partial charge < -0.3 is 13.6 Å². The van der Waals surface area contributed by atoms with E-state index in [2.05, 4.69) is 48.5 Å². The van der Waals surface area contributed by atoms with Crippen molar-refractivity contribution in [2.24, 2.45) is 0 Å². The van der Waals surface area contributed by atoms with Crippen LogP contribution in [0, 0.1) is 0 Å². The van der Waals surface area contributed by atoms with Crippen LogP contribution in [-0.2, 0) is 0 Å². The van der Waals surface area contributed by atoms with Crippen LogP contribution in [-0.4, -0.2) is 0 Å². The molecule has 1 aliphatic heterocycles. The number of furan rings is 2. The number of ether oxygens (including phenoxy) is 1. The summed E-state index contributed by atoms with van der Waals surface area (Å²) < 4.78 is 18.8. The number of rotatable bonds is 2. The van der Waals surface area contributed by atoms with Crippen molar-refractivity contribution in [2.75, 3.05) is 0 Å². The molecule has 1 aliphatic rings. The highest BCUT2D eigenvalue weighted by Gasteiger charge is 2.21. The Labute approximate surface area is 200 Å². The van der Waals surface area contributed by atoms with Crippen LogP contribution >= 0.6 is 0 Å². The second-order valence-corrected chi connectivity index (χ2v) is 8.91. The molecule has 2 aromatic heterocycles. The fourth-order valence-corrected chi connectivity index (χ4v) is 5.34. The maximum absolute atomic E-state index is 6.43. The van der Waals surface area contributed by atoms with Gasteiger partial charge in [0.25, 0.3) is 0 Å². The van der Waals surface area contributed by atoms with Gasteiger partial charge in [0.15, 0.2) is 0 Å². The zero-order valence-electron chi connectivity index (χ0n) is 18.6. The summed E-state index contributed by atoms with van der Waals surface area (Å²) in [6.45, 7) is 0. The lowest BCUT2D eigenvalue weighted by atomic mass is 9.93. The molecule has 3 heterocycles. The molecule has 0 saturated heterocycles. The van der Waals surface area contributed by atoms with E-state index in [1.807, 2.05) is 60.7 Å². The molecule has 0 bridgehead atoms. The second-order valence-electron chi connectivity index (χ2n) is 8.91. The van der Waals surface area contributed by atoms with Crippen molar-refractivity contribution in [2.45, 2.75) is 0 Å². The predicted octanol–water partition coefficient (Wildman–Crippen LogP) is 9.44. The fraction of sp³-hybridized carbons (Fsp3) is 0. The van der Waals surface area contributed by atoms with E-state index in [1.165, 1.54) is 10.9 Å². The molecule has 3 heteroatoms. The topological polar surface area (TPSA) is 35.5 Å². The van der Waals surface area contributed by atoms with Gasteiger partial charge >= 0.3 is 0 Å². The van der Waals surface area contributed by atoms with E-state index in [9.17, 15) is 0 Å². The lowest BCUT2D eigenvalue weighted by Gasteiger charge is -2.21. The number of hydrogen-bond acceptors (Lipinski definition) is 3. The molecule has 0 spiro atoms. The summed E-state index contributed by atoms with van der Waals surface area (Å²) in [5, 5.41) is 4.50. The lowest BCUT2D eigenvalue weighted by Crippen LogP contribution is -1.97. The van der Waals surface area contributed by atoms with Gasteiger partial charge in [0.2, 0.25) is 0 Å². The van der Waals surface area contributed by atoms with Crippen LogP contribution in [0.2, 0.25) is 0 Å². The number of hydrogen-bond donors (Lipinski definition) is 0. The van der Waals surface area contributed by atoms with Gasteiger partial charge in [-0.1, -0.05) is 60.7 Å². The average molecular weight is 450 g/mol. The molecule has 5 aromatic carbocycles. The van der Waals surface area contributed by atoms with Crippen molar-refractivity contribution in [3.63, 3.8) is 0 Å². The van der Waals surface area contributed by atoms with Crippen LogP contribution in [0.5, 0.6) is 11.5 Å². The Hall–Kier alpha value is -4.76. The third kappa shape index (κ3) is 2.66. The highest BCUT2D eigenvalue weighted by atomic mass is 16.5. The Bertz CT molecular complexity index is 1930. The summed E-state index contributed by atoms with van der Waals surface area (Å²) in [5.41, 5.74) is 6.04. The van der Waals surface area contributed by atoms with Crippen molar-refractivity contribution >= 4 is 32.7 Å². The van der Waals surface area contributed by atoms with Gasteiger partial charge in [-0.25, -0.2) is 0 Å². The van der Waals surface area contributed by atoms with Crippen LogP contribution in [0.15, 0.2) is 118 Å². The van der Waals surface area contributed by atoms with E-state index in [-0.39, 0.29) is 0 Å². The van der Waals surface area contributed by atoms with Crippen molar-refractivity contribution in [3.05, 3.63) is 109 Å². The molecule has 0 saturated carbocycles. The minimum atomic E-state index is 0.818. The first-order valence-corrected chi connectivity index (χ1v) is 11.7. The van der Waals surface area contributed by atoms with E-state index in [0.717, 1.165) is 67.0 Å². The smallest absolute Gasteiger partial charge is 0.136 e. The molecule has 35 heavy (non-hydrogen) atoms. The SMILES string of the molecule is c1cc2c3c(cccc3c1)-c1cc(-c3ccc(-c4cccc5oc6ccccc6c45)o3)ccc1O2. The molecule has 0 fully saturated rings. The maximum Gasteiger partial charge on any atom is 0.136 e. The highest BCUT2D eigenvalue weighted by Crippen LogP contribution is 2.47. The third-order valence-corrected chi connectivity index (χ3v) is 6.91. The molecule has 164 valence electrons. The maximum atomic E-state index is 6.43. The Balaban J connectivity index is 1.27. The third-order valence-electron chi connectivity index (χ3n) is 6.91. The Morgan fingerprint density at radius 3 is 2.23 bits per heavy atom. The summed E-state index contributed by atoms with van der Waals surface area (Å²) in [4.78, 5) is 0. The van der Waals surface area contributed by atoms with Gasteiger partial charge in [0, 0.05) is 32.8 Å². The standard InChI is InChI=1S/C32H18O3/c1-2-11-26-22(8-1)32-23(10-5-13-30(32)34-26)27-17-16-25(33-27)20-14-15-28-24(18-20)21-9-3-6-19-7-4-12-29(35-28)31(19)21/h1-18H. The van der Waals surface area contributed by atoms with Gasteiger partial charge in [-0.15, -0.1) is 0 Å². The Morgan fingerprint density at radius 2 is 1.26 bits per heavy atom. The monoisotopic (exact) mass is 450 g/mol. The molecular formula is C32H18O3. The summed E-state index contributed by atoms with van der Waals surface area (Å²) in [6.07, 6.45) is 0. The lowest BCUT2D eigenvalue weighted by molar-refractivity contribution is 0.487. The van der Waals surface area contributed by atoms with Crippen LogP contribution in [0.4, 0.5) is 0 Å². The van der Waals surface area contributed by atoms with Gasteiger partial charge in [-0.3, -0.25) is 0 Å². The quantitative estimate of drug-likeness (QED) is 0.263. The van der Waals surface area contributed by atoms with Crippen molar-refractivity contribution < 1.29 is 13.6 Å². The number of fused-ring (bicyclic) bond motifs is 5. The molecule has 0 amide bonds. The highest BCUT2D eigenvalue weighted by molar-refractivity contribution is 6.12. The number of benzene rings is 5. The van der Waals surface area contributed by atoms with E-state index in [4.69, 9.17) is 13.6 Å². The first kappa shape index (κ1) is 18.6. The first-order chi connectivity index (χ1) is 17.3. The molecule has 3 nitrogen and oxygen atoms in total. The minimum absolute atomic E-state index is 0.818. The molecule has 0 radical (unpaired) electrons. The molecule has 0 atom stereocenters. The zero-order valence-corrected chi connectivity index (χ0v) is 18.6. The number of para-hydroxylation sites is 1. The Kier molecular flexibility index (Phi) is 3.66.